The number of hydrogen-bond donors (Lipinski definition) is 0. The van der Waals surface area contributed by atoms with Crippen molar-refractivity contribution in [2.45, 2.75) is 31.8 Å². The average Bonchev–Trinajstić information content (AvgIpc) is 2.57. The molecule has 0 bridgehead atoms. The fourth-order valence-electron chi connectivity index (χ4n) is 1.31. The first-order chi connectivity index (χ1) is 5.93. The summed E-state index contributed by atoms with van der Waals surface area (Å²) in [5, 5.41) is 8.22. The molecule has 1 atom stereocenters. The highest BCUT2D eigenvalue weighted by molar-refractivity contribution is 4.68. The second-order valence-electron chi connectivity index (χ2n) is 2.94. The summed E-state index contributed by atoms with van der Waals surface area (Å²) in [4.78, 5) is 0. The summed E-state index contributed by atoms with van der Waals surface area (Å²) >= 11 is 0. The standard InChI is InChI=1S/C9H15NO2/c10-5-2-6-11-8-4-9-3-1-7-12-9/h9H,1-4,6-8H2. The fraction of sp³-hybridized carbons (Fsp3) is 0.889. The largest absolute Gasteiger partial charge is 0.380 e. The second-order valence-corrected chi connectivity index (χ2v) is 2.94. The third-order valence-corrected chi connectivity index (χ3v) is 1.97. The van der Waals surface area contributed by atoms with Crippen LogP contribution in [0.2, 0.25) is 0 Å². The van der Waals surface area contributed by atoms with Gasteiger partial charge in [-0.2, -0.15) is 5.26 Å². The molecule has 1 aliphatic rings. The van der Waals surface area contributed by atoms with Crippen molar-refractivity contribution in [2.75, 3.05) is 19.8 Å². The van der Waals surface area contributed by atoms with E-state index in [1.807, 2.05) is 6.07 Å². The Morgan fingerprint density at radius 3 is 3.08 bits per heavy atom. The molecule has 3 heteroatoms. The van der Waals surface area contributed by atoms with Gasteiger partial charge in [-0.05, 0) is 19.3 Å². The zero-order valence-electron chi connectivity index (χ0n) is 7.29. The molecule has 0 spiro atoms. The van der Waals surface area contributed by atoms with Crippen molar-refractivity contribution in [3.8, 4) is 6.07 Å². The van der Waals surface area contributed by atoms with Crippen molar-refractivity contribution in [1.29, 1.82) is 5.26 Å². The first-order valence-corrected chi connectivity index (χ1v) is 4.50. The van der Waals surface area contributed by atoms with Crippen molar-refractivity contribution >= 4 is 0 Å². The van der Waals surface area contributed by atoms with Crippen molar-refractivity contribution < 1.29 is 9.47 Å². The molecule has 1 heterocycles. The van der Waals surface area contributed by atoms with Gasteiger partial charge < -0.3 is 9.47 Å². The minimum Gasteiger partial charge on any atom is -0.380 e. The van der Waals surface area contributed by atoms with Crippen LogP contribution in [0.4, 0.5) is 0 Å². The lowest BCUT2D eigenvalue weighted by molar-refractivity contribution is 0.0610. The van der Waals surface area contributed by atoms with Crippen molar-refractivity contribution in [3.05, 3.63) is 0 Å². The third kappa shape index (κ3) is 3.70. The van der Waals surface area contributed by atoms with Crippen LogP contribution in [0, 0.1) is 11.3 Å². The highest BCUT2D eigenvalue weighted by Crippen LogP contribution is 2.14. The summed E-state index contributed by atoms with van der Waals surface area (Å²) in [6.45, 7) is 2.19. The van der Waals surface area contributed by atoms with Crippen LogP contribution in [0.15, 0.2) is 0 Å². The molecular weight excluding hydrogens is 154 g/mol. The maximum Gasteiger partial charge on any atom is 0.0645 e. The molecule has 0 N–H and O–H groups in total. The zero-order valence-corrected chi connectivity index (χ0v) is 7.29. The van der Waals surface area contributed by atoms with E-state index in [2.05, 4.69) is 0 Å². The van der Waals surface area contributed by atoms with Crippen LogP contribution in [0.3, 0.4) is 0 Å². The molecule has 0 aliphatic carbocycles. The van der Waals surface area contributed by atoms with Crippen LogP contribution in [-0.4, -0.2) is 25.9 Å². The molecule has 12 heavy (non-hydrogen) atoms. The number of nitriles is 1. The SMILES string of the molecule is N#CCCOCCC1CCCO1. The lowest BCUT2D eigenvalue weighted by atomic mass is 10.2. The van der Waals surface area contributed by atoms with E-state index in [-0.39, 0.29) is 0 Å². The number of rotatable bonds is 5. The number of ether oxygens (including phenoxy) is 2. The van der Waals surface area contributed by atoms with Gasteiger partial charge in [-0.3, -0.25) is 0 Å². The van der Waals surface area contributed by atoms with E-state index in [4.69, 9.17) is 14.7 Å². The molecule has 1 unspecified atom stereocenters. The first kappa shape index (κ1) is 9.50. The van der Waals surface area contributed by atoms with Gasteiger partial charge in [0.05, 0.1) is 25.2 Å². The van der Waals surface area contributed by atoms with E-state index in [0.717, 1.165) is 19.6 Å². The highest BCUT2D eigenvalue weighted by Gasteiger charge is 2.14. The Morgan fingerprint density at radius 1 is 1.50 bits per heavy atom. The van der Waals surface area contributed by atoms with Crippen LogP contribution >= 0.6 is 0 Å². The smallest absolute Gasteiger partial charge is 0.0645 e. The van der Waals surface area contributed by atoms with Crippen LogP contribution in [0.1, 0.15) is 25.7 Å². The van der Waals surface area contributed by atoms with Gasteiger partial charge in [0.25, 0.3) is 0 Å². The molecule has 0 saturated carbocycles. The second kappa shape index (κ2) is 5.99. The van der Waals surface area contributed by atoms with Gasteiger partial charge >= 0.3 is 0 Å². The van der Waals surface area contributed by atoms with E-state index in [0.29, 0.717) is 19.1 Å². The Labute approximate surface area is 73.3 Å². The predicted molar refractivity (Wildman–Crippen MR) is 44.6 cm³/mol. The van der Waals surface area contributed by atoms with E-state index < -0.39 is 0 Å². The summed E-state index contributed by atoms with van der Waals surface area (Å²) in [6.07, 6.45) is 4.23. The van der Waals surface area contributed by atoms with Gasteiger partial charge in [0.1, 0.15) is 0 Å². The minimum atomic E-state index is 0.409. The van der Waals surface area contributed by atoms with Crippen molar-refractivity contribution in [3.63, 3.8) is 0 Å². The predicted octanol–water partition coefficient (Wildman–Crippen LogP) is 1.49. The monoisotopic (exact) mass is 169 g/mol. The minimum absolute atomic E-state index is 0.409. The Morgan fingerprint density at radius 2 is 2.42 bits per heavy atom. The molecule has 0 aromatic heterocycles. The molecule has 0 radical (unpaired) electrons. The zero-order chi connectivity index (χ0) is 8.65. The Balaban J connectivity index is 1.85. The number of nitrogens with zero attached hydrogens (tertiary/aromatic N) is 1. The summed E-state index contributed by atoms with van der Waals surface area (Å²) < 4.78 is 10.6. The van der Waals surface area contributed by atoms with Crippen molar-refractivity contribution in [1.82, 2.24) is 0 Å². The molecule has 0 aromatic carbocycles. The lowest BCUT2D eigenvalue weighted by Crippen LogP contribution is -2.09. The van der Waals surface area contributed by atoms with Crippen LogP contribution < -0.4 is 0 Å². The normalized spacial score (nSPS) is 22.4. The average molecular weight is 169 g/mol. The summed E-state index contributed by atoms with van der Waals surface area (Å²) in [6, 6.07) is 2.04. The molecule has 68 valence electrons. The van der Waals surface area contributed by atoms with E-state index in [1.54, 1.807) is 0 Å². The van der Waals surface area contributed by atoms with Crippen molar-refractivity contribution in [2.24, 2.45) is 0 Å². The Bertz CT molecular complexity index is 147. The maximum atomic E-state index is 8.22. The quantitative estimate of drug-likeness (QED) is 0.585. The Hall–Kier alpha value is -0.590. The van der Waals surface area contributed by atoms with Gasteiger partial charge in [-0.1, -0.05) is 0 Å². The van der Waals surface area contributed by atoms with Gasteiger partial charge in [-0.15, -0.1) is 0 Å². The molecule has 0 aromatic rings. The summed E-state index contributed by atoms with van der Waals surface area (Å²) in [5.74, 6) is 0. The molecule has 1 rings (SSSR count). The molecule has 1 aliphatic heterocycles. The van der Waals surface area contributed by atoms with E-state index >= 15 is 0 Å². The first-order valence-electron chi connectivity index (χ1n) is 4.50. The topological polar surface area (TPSA) is 42.2 Å². The van der Waals surface area contributed by atoms with E-state index in [1.165, 1.54) is 12.8 Å². The molecule has 3 nitrogen and oxygen atoms in total. The van der Waals surface area contributed by atoms with Crippen LogP contribution in [-0.2, 0) is 9.47 Å². The molecule has 0 amide bonds. The highest BCUT2D eigenvalue weighted by atomic mass is 16.5. The van der Waals surface area contributed by atoms with E-state index in [9.17, 15) is 0 Å². The maximum absolute atomic E-state index is 8.22. The summed E-state index contributed by atoms with van der Waals surface area (Å²) in [7, 11) is 0. The molecule has 1 saturated heterocycles. The lowest BCUT2D eigenvalue weighted by Gasteiger charge is -2.08. The van der Waals surface area contributed by atoms with Gasteiger partial charge in [0.15, 0.2) is 0 Å². The van der Waals surface area contributed by atoms with Gasteiger partial charge in [0.2, 0.25) is 0 Å². The van der Waals surface area contributed by atoms with Gasteiger partial charge in [-0.25, -0.2) is 0 Å². The number of hydrogen-bond acceptors (Lipinski definition) is 3. The third-order valence-electron chi connectivity index (χ3n) is 1.97. The molecule has 1 fully saturated rings. The Kier molecular flexibility index (Phi) is 4.74. The van der Waals surface area contributed by atoms with Gasteiger partial charge in [0, 0.05) is 13.2 Å². The fourth-order valence-corrected chi connectivity index (χ4v) is 1.31. The summed E-state index contributed by atoms with van der Waals surface area (Å²) in [5.41, 5.74) is 0. The van der Waals surface area contributed by atoms with Crippen LogP contribution in [0.25, 0.3) is 0 Å². The molecular formula is C9H15NO2. The van der Waals surface area contributed by atoms with Crippen LogP contribution in [0.5, 0.6) is 0 Å².